The number of allylic oxidation sites excluding steroid dienone is 1. The smallest absolute Gasteiger partial charge is 0.272 e. The quantitative estimate of drug-likeness (QED) is 0.546. The number of aromatic nitrogens is 1. The van der Waals surface area contributed by atoms with Gasteiger partial charge in [0.1, 0.15) is 5.69 Å². The Balaban J connectivity index is 2.14. The molecule has 0 unspecified atom stereocenters. The Morgan fingerprint density at radius 1 is 1.15 bits per heavy atom. The van der Waals surface area contributed by atoms with Crippen LogP contribution in [0.3, 0.4) is 0 Å². The first-order valence-corrected chi connectivity index (χ1v) is 9.46. The van der Waals surface area contributed by atoms with Crippen molar-refractivity contribution in [1.82, 2.24) is 4.57 Å². The molecule has 27 heavy (non-hydrogen) atoms. The van der Waals surface area contributed by atoms with Crippen LogP contribution in [0.1, 0.15) is 52.5 Å². The summed E-state index contributed by atoms with van der Waals surface area (Å²) < 4.78 is 2.06. The number of para-hydroxylation sites is 1. The van der Waals surface area contributed by atoms with E-state index in [1.54, 1.807) is 0 Å². The number of carbonyl (C=O) groups excluding carboxylic acids is 1. The van der Waals surface area contributed by atoms with Crippen molar-refractivity contribution in [2.24, 2.45) is 0 Å². The minimum Gasteiger partial charge on any atom is -0.332 e. The summed E-state index contributed by atoms with van der Waals surface area (Å²) in [5, 5.41) is 4.27. The fourth-order valence-electron chi connectivity index (χ4n) is 3.69. The molecular weight excluding hydrogens is 332 g/mol. The van der Waals surface area contributed by atoms with Gasteiger partial charge in [-0.2, -0.15) is 0 Å². The van der Waals surface area contributed by atoms with Crippen molar-refractivity contribution >= 4 is 22.5 Å². The molecule has 0 atom stereocenters. The molecule has 1 aromatic heterocycles. The Bertz CT molecular complexity index is 1000. The van der Waals surface area contributed by atoms with Crippen LogP contribution >= 0.6 is 0 Å². The molecule has 140 valence electrons. The zero-order valence-corrected chi connectivity index (χ0v) is 16.9. The van der Waals surface area contributed by atoms with Gasteiger partial charge in [-0.15, -0.1) is 6.58 Å². The fourth-order valence-corrected chi connectivity index (χ4v) is 3.69. The molecule has 0 spiro atoms. The molecular formula is C24H28N2O. The highest BCUT2D eigenvalue weighted by molar-refractivity contribution is 6.09. The van der Waals surface area contributed by atoms with Gasteiger partial charge >= 0.3 is 0 Å². The summed E-state index contributed by atoms with van der Waals surface area (Å²) in [5.41, 5.74) is 7.09. The first-order chi connectivity index (χ1) is 12.8. The zero-order chi connectivity index (χ0) is 19.7. The van der Waals surface area contributed by atoms with Gasteiger partial charge in [0.15, 0.2) is 0 Å². The van der Waals surface area contributed by atoms with Crippen LogP contribution in [0.15, 0.2) is 49.1 Å². The molecule has 3 aromatic rings. The van der Waals surface area contributed by atoms with Crippen molar-refractivity contribution in [2.45, 2.75) is 47.1 Å². The first kappa shape index (κ1) is 19.0. The van der Waals surface area contributed by atoms with Gasteiger partial charge in [-0.1, -0.05) is 44.2 Å². The van der Waals surface area contributed by atoms with Crippen LogP contribution in [0.4, 0.5) is 5.69 Å². The second-order valence-electron chi connectivity index (χ2n) is 7.53. The summed E-state index contributed by atoms with van der Waals surface area (Å²) in [4.78, 5) is 13.3. The topological polar surface area (TPSA) is 34.0 Å². The van der Waals surface area contributed by atoms with Crippen LogP contribution in [-0.2, 0) is 6.54 Å². The molecule has 1 N–H and O–H groups in total. The second kappa shape index (κ2) is 7.43. The van der Waals surface area contributed by atoms with E-state index in [4.69, 9.17) is 0 Å². The van der Waals surface area contributed by atoms with Gasteiger partial charge in [-0.3, -0.25) is 4.79 Å². The largest absolute Gasteiger partial charge is 0.332 e. The number of nitrogens with zero attached hydrogens (tertiary/aromatic N) is 1. The molecule has 0 bridgehead atoms. The highest BCUT2D eigenvalue weighted by atomic mass is 16.2. The number of anilines is 1. The lowest BCUT2D eigenvalue weighted by atomic mass is 10.0. The Kier molecular flexibility index (Phi) is 5.22. The van der Waals surface area contributed by atoms with Crippen LogP contribution in [0.5, 0.6) is 0 Å². The summed E-state index contributed by atoms with van der Waals surface area (Å²) in [6.07, 6.45) is 1.84. The summed E-state index contributed by atoms with van der Waals surface area (Å²) in [5.74, 6) is 0.373. The second-order valence-corrected chi connectivity index (χ2v) is 7.53. The number of fused-ring (bicyclic) bond motifs is 1. The van der Waals surface area contributed by atoms with Crippen LogP contribution in [-0.4, -0.2) is 10.5 Å². The van der Waals surface area contributed by atoms with Gasteiger partial charge in [0.05, 0.1) is 0 Å². The minimum atomic E-state index is -0.0750. The van der Waals surface area contributed by atoms with Crippen LogP contribution in [0, 0.1) is 20.8 Å². The Morgan fingerprint density at radius 3 is 2.41 bits per heavy atom. The molecule has 0 aliphatic rings. The predicted octanol–water partition coefficient (Wildman–Crippen LogP) is 6.13. The van der Waals surface area contributed by atoms with Crippen molar-refractivity contribution in [3.8, 4) is 0 Å². The highest BCUT2D eigenvalue weighted by Gasteiger charge is 2.21. The van der Waals surface area contributed by atoms with Gasteiger partial charge in [0.2, 0.25) is 0 Å². The molecule has 0 saturated heterocycles. The molecule has 2 aromatic carbocycles. The van der Waals surface area contributed by atoms with Gasteiger partial charge in [-0.05, 0) is 61.1 Å². The van der Waals surface area contributed by atoms with Crippen LogP contribution < -0.4 is 5.32 Å². The molecule has 3 rings (SSSR count). The number of carbonyl (C=O) groups is 1. The van der Waals surface area contributed by atoms with Crippen molar-refractivity contribution in [1.29, 1.82) is 0 Å². The lowest BCUT2D eigenvalue weighted by Gasteiger charge is -2.14. The van der Waals surface area contributed by atoms with E-state index in [1.165, 1.54) is 5.56 Å². The lowest BCUT2D eigenvalue weighted by molar-refractivity contribution is 0.101. The normalized spacial score (nSPS) is 11.2. The molecule has 0 radical (unpaired) electrons. The van der Waals surface area contributed by atoms with Crippen molar-refractivity contribution in [3.05, 3.63) is 77.0 Å². The third-order valence-electron chi connectivity index (χ3n) is 5.25. The van der Waals surface area contributed by atoms with E-state index in [9.17, 15) is 4.79 Å². The maximum Gasteiger partial charge on any atom is 0.272 e. The number of hydrogen-bond donors (Lipinski definition) is 1. The van der Waals surface area contributed by atoms with E-state index in [1.807, 2.05) is 45.0 Å². The highest BCUT2D eigenvalue weighted by Crippen LogP contribution is 2.30. The molecule has 0 fully saturated rings. The summed E-state index contributed by atoms with van der Waals surface area (Å²) in [6.45, 7) is 14.9. The Hall–Kier alpha value is -2.81. The number of benzene rings is 2. The van der Waals surface area contributed by atoms with Crippen LogP contribution in [0.25, 0.3) is 10.9 Å². The molecule has 0 aliphatic heterocycles. The molecule has 3 heteroatoms. The summed E-state index contributed by atoms with van der Waals surface area (Å²) in [7, 11) is 0. The average molecular weight is 361 g/mol. The van der Waals surface area contributed by atoms with Gasteiger partial charge in [0, 0.05) is 23.1 Å². The third kappa shape index (κ3) is 3.42. The maximum absolute atomic E-state index is 13.3. The van der Waals surface area contributed by atoms with Crippen LogP contribution in [0.2, 0.25) is 0 Å². The fraction of sp³-hybridized carbons (Fsp3) is 0.292. The predicted molar refractivity (Wildman–Crippen MR) is 115 cm³/mol. The summed E-state index contributed by atoms with van der Waals surface area (Å²) >= 11 is 0. The van der Waals surface area contributed by atoms with E-state index in [-0.39, 0.29) is 5.91 Å². The standard InChI is InChI=1S/C24H28N2O/c1-7-13-26-21-12-11-19(15(2)3)14-20(21)18(6)23(26)24(27)25-22-16(4)9-8-10-17(22)5/h7-12,14-15H,1,13H2,2-6H3,(H,25,27). The minimum absolute atomic E-state index is 0.0750. The van der Waals surface area contributed by atoms with Crippen molar-refractivity contribution < 1.29 is 4.79 Å². The maximum atomic E-state index is 13.3. The molecule has 3 nitrogen and oxygen atoms in total. The molecule has 0 aliphatic carbocycles. The number of amides is 1. The third-order valence-corrected chi connectivity index (χ3v) is 5.25. The number of nitrogens with one attached hydrogen (secondary N) is 1. The van der Waals surface area contributed by atoms with E-state index >= 15 is 0 Å². The number of aryl methyl sites for hydroxylation is 3. The van der Waals surface area contributed by atoms with Gasteiger partial charge in [0.25, 0.3) is 5.91 Å². The average Bonchev–Trinajstić information content (AvgIpc) is 2.90. The van der Waals surface area contributed by atoms with E-state index < -0.39 is 0 Å². The number of hydrogen-bond acceptors (Lipinski definition) is 1. The monoisotopic (exact) mass is 360 g/mol. The number of rotatable bonds is 5. The Labute approximate surface area is 161 Å². The van der Waals surface area contributed by atoms with E-state index in [0.717, 1.165) is 33.3 Å². The molecule has 0 saturated carbocycles. The summed E-state index contributed by atoms with van der Waals surface area (Å²) in [6, 6.07) is 12.5. The van der Waals surface area contributed by atoms with E-state index in [0.29, 0.717) is 18.2 Å². The molecule has 1 heterocycles. The molecule has 1 amide bonds. The van der Waals surface area contributed by atoms with Gasteiger partial charge < -0.3 is 9.88 Å². The Morgan fingerprint density at radius 2 is 1.81 bits per heavy atom. The van der Waals surface area contributed by atoms with E-state index in [2.05, 4.69) is 48.5 Å². The van der Waals surface area contributed by atoms with Crippen molar-refractivity contribution in [3.63, 3.8) is 0 Å². The van der Waals surface area contributed by atoms with Gasteiger partial charge in [-0.25, -0.2) is 0 Å². The van der Waals surface area contributed by atoms with Crippen molar-refractivity contribution in [2.75, 3.05) is 5.32 Å². The lowest BCUT2D eigenvalue weighted by Crippen LogP contribution is -2.19. The first-order valence-electron chi connectivity index (χ1n) is 9.46. The zero-order valence-electron chi connectivity index (χ0n) is 16.9. The SMILES string of the molecule is C=CCn1c(C(=O)Nc2c(C)cccc2C)c(C)c2cc(C(C)C)ccc21.